The van der Waals surface area contributed by atoms with E-state index in [1.165, 1.54) is 0 Å². The molecular formula is C7H5F6N2. The Hall–Kier alpha value is -1.21. The number of rotatable bonds is 1. The minimum atomic E-state index is -4.74. The molecule has 15 heavy (non-hydrogen) atoms. The summed E-state index contributed by atoms with van der Waals surface area (Å²) >= 11 is 0. The average Bonchev–Trinajstić information content (AvgIpc) is 2.27. The van der Waals surface area contributed by atoms with Gasteiger partial charge in [-0.3, -0.25) is 4.68 Å². The molecule has 2 nitrogen and oxygen atoms in total. The summed E-state index contributed by atoms with van der Waals surface area (Å²) in [5.41, 5.74) is -1.58. The van der Waals surface area contributed by atoms with Gasteiger partial charge in [-0.05, 0) is 13.0 Å². The molecule has 0 bridgehead atoms. The molecule has 1 heterocycles. The molecule has 0 unspecified atom stereocenters. The summed E-state index contributed by atoms with van der Waals surface area (Å²) in [5, 5.41) is 2.78. The van der Waals surface area contributed by atoms with Gasteiger partial charge in [-0.15, -0.1) is 0 Å². The largest absolute Gasteiger partial charge is 0.435 e. The highest BCUT2D eigenvalue weighted by Crippen LogP contribution is 2.29. The Morgan fingerprint density at radius 2 is 1.73 bits per heavy atom. The molecule has 0 N–H and O–H groups in total. The zero-order valence-electron chi connectivity index (χ0n) is 7.32. The standard InChI is InChI=1S/C7H5F6N2/c1-4-2-5(7(11,12)13)14-15(4)3-6(8,9)10/h2-3H,1H3. The lowest BCUT2D eigenvalue weighted by molar-refractivity contribution is -0.142. The van der Waals surface area contributed by atoms with Gasteiger partial charge >= 0.3 is 12.4 Å². The molecule has 0 spiro atoms. The Balaban J connectivity index is 2.97. The van der Waals surface area contributed by atoms with Gasteiger partial charge in [-0.25, -0.2) is 0 Å². The van der Waals surface area contributed by atoms with E-state index in [2.05, 4.69) is 5.10 Å². The Bertz CT molecular complexity index is 347. The zero-order chi connectivity index (χ0) is 11.9. The Morgan fingerprint density at radius 3 is 2.07 bits per heavy atom. The van der Waals surface area contributed by atoms with Crippen molar-refractivity contribution in [1.29, 1.82) is 0 Å². The Kier molecular flexibility index (Phi) is 2.71. The van der Waals surface area contributed by atoms with Crippen LogP contribution < -0.4 is 0 Å². The van der Waals surface area contributed by atoms with Crippen LogP contribution in [0.3, 0.4) is 0 Å². The summed E-state index contributed by atoms with van der Waals surface area (Å²) in [7, 11) is 0. The predicted octanol–water partition coefficient (Wildman–Crippen LogP) is 2.78. The second-order valence-corrected chi connectivity index (χ2v) is 2.78. The van der Waals surface area contributed by atoms with Crippen molar-refractivity contribution in [2.75, 3.05) is 0 Å². The molecule has 1 rings (SSSR count). The van der Waals surface area contributed by atoms with E-state index >= 15 is 0 Å². The third kappa shape index (κ3) is 3.14. The fraction of sp³-hybridized carbons (Fsp3) is 0.429. The summed E-state index contributed by atoms with van der Waals surface area (Å²) in [6, 6.07) is 0.544. The lowest BCUT2D eigenvalue weighted by atomic mass is 10.4. The van der Waals surface area contributed by atoms with E-state index in [0.29, 0.717) is 6.07 Å². The van der Waals surface area contributed by atoms with Crippen molar-refractivity contribution in [2.24, 2.45) is 0 Å². The van der Waals surface area contributed by atoms with E-state index in [4.69, 9.17) is 0 Å². The van der Waals surface area contributed by atoms with Gasteiger partial charge in [-0.2, -0.15) is 31.4 Å². The molecule has 0 fully saturated rings. The molecule has 0 aliphatic rings. The number of aryl methyl sites for hydroxylation is 1. The lowest BCUT2D eigenvalue weighted by Gasteiger charge is -2.06. The van der Waals surface area contributed by atoms with Crippen LogP contribution in [0, 0.1) is 13.5 Å². The topological polar surface area (TPSA) is 17.8 Å². The van der Waals surface area contributed by atoms with Gasteiger partial charge in [0.25, 0.3) is 0 Å². The molecular weight excluding hydrogens is 226 g/mol. The van der Waals surface area contributed by atoms with Crippen LogP contribution in [0.4, 0.5) is 26.3 Å². The van der Waals surface area contributed by atoms with Crippen LogP contribution in [0.5, 0.6) is 0 Å². The summed E-state index contributed by atoms with van der Waals surface area (Å²) in [6.45, 7) is 0.766. The van der Waals surface area contributed by atoms with Gasteiger partial charge in [0.2, 0.25) is 0 Å². The minimum Gasteiger partial charge on any atom is -0.254 e. The smallest absolute Gasteiger partial charge is 0.254 e. The summed E-state index contributed by atoms with van der Waals surface area (Å²) in [5.74, 6) is 0. The summed E-state index contributed by atoms with van der Waals surface area (Å²) in [6.07, 6.45) is -9.45. The van der Waals surface area contributed by atoms with E-state index < -0.39 is 18.0 Å². The van der Waals surface area contributed by atoms with Crippen molar-refractivity contribution in [2.45, 2.75) is 19.3 Å². The summed E-state index contributed by atoms with van der Waals surface area (Å²) in [4.78, 5) is 0. The van der Waals surface area contributed by atoms with E-state index in [1.807, 2.05) is 0 Å². The number of halogens is 6. The average molecular weight is 231 g/mol. The molecule has 0 amide bonds. The number of hydrogen-bond acceptors (Lipinski definition) is 1. The van der Waals surface area contributed by atoms with Gasteiger partial charge in [0.1, 0.15) is 0 Å². The van der Waals surface area contributed by atoms with E-state index in [0.717, 1.165) is 6.92 Å². The molecule has 0 saturated heterocycles. The third-order valence-electron chi connectivity index (χ3n) is 1.48. The maximum Gasteiger partial charge on any atom is 0.435 e. The quantitative estimate of drug-likeness (QED) is 0.679. The van der Waals surface area contributed by atoms with Crippen molar-refractivity contribution >= 4 is 0 Å². The highest BCUT2D eigenvalue weighted by Gasteiger charge is 2.36. The summed E-state index contributed by atoms with van der Waals surface area (Å²) < 4.78 is 71.8. The zero-order valence-corrected chi connectivity index (χ0v) is 7.32. The van der Waals surface area contributed by atoms with E-state index in [9.17, 15) is 26.3 Å². The molecule has 1 radical (unpaired) electrons. The van der Waals surface area contributed by atoms with Crippen LogP contribution in [0.2, 0.25) is 0 Å². The van der Waals surface area contributed by atoms with Crippen LogP contribution in [0.15, 0.2) is 6.07 Å². The second-order valence-electron chi connectivity index (χ2n) is 2.78. The normalized spacial score (nSPS) is 13.3. The second kappa shape index (κ2) is 3.42. The fourth-order valence-electron chi connectivity index (χ4n) is 0.896. The van der Waals surface area contributed by atoms with Crippen molar-refractivity contribution in [3.63, 3.8) is 0 Å². The monoisotopic (exact) mass is 231 g/mol. The molecule has 1 aromatic heterocycles. The predicted molar refractivity (Wildman–Crippen MR) is 37.7 cm³/mol. The number of alkyl halides is 6. The highest BCUT2D eigenvalue weighted by atomic mass is 19.4. The van der Waals surface area contributed by atoms with Gasteiger partial charge in [-0.1, -0.05) is 0 Å². The fourth-order valence-corrected chi connectivity index (χ4v) is 0.896. The number of hydrogen-bond donors (Lipinski definition) is 0. The molecule has 8 heteroatoms. The first kappa shape index (κ1) is 11.9. The van der Waals surface area contributed by atoms with Crippen LogP contribution in [-0.4, -0.2) is 16.0 Å². The van der Waals surface area contributed by atoms with Crippen molar-refractivity contribution < 1.29 is 26.3 Å². The SMILES string of the molecule is Cc1cc(C(F)(F)F)nn1[CH]C(F)(F)F. The maximum atomic E-state index is 12.0. The van der Waals surface area contributed by atoms with Crippen molar-refractivity contribution in [3.8, 4) is 0 Å². The van der Waals surface area contributed by atoms with Crippen LogP contribution >= 0.6 is 0 Å². The third-order valence-corrected chi connectivity index (χ3v) is 1.48. The van der Waals surface area contributed by atoms with Gasteiger partial charge in [0, 0.05) is 5.69 Å². The molecule has 0 saturated carbocycles. The molecule has 0 aliphatic heterocycles. The first-order chi connectivity index (χ1) is 6.59. The Labute approximate surface area is 80.5 Å². The van der Waals surface area contributed by atoms with Crippen molar-refractivity contribution in [1.82, 2.24) is 9.78 Å². The van der Waals surface area contributed by atoms with E-state index in [1.54, 1.807) is 0 Å². The Morgan fingerprint density at radius 1 is 1.20 bits per heavy atom. The molecule has 85 valence electrons. The molecule has 1 aromatic rings. The van der Waals surface area contributed by atoms with Gasteiger partial charge < -0.3 is 0 Å². The van der Waals surface area contributed by atoms with Crippen LogP contribution in [0.1, 0.15) is 11.4 Å². The molecule has 0 aromatic carbocycles. The van der Waals surface area contributed by atoms with E-state index in [-0.39, 0.29) is 16.9 Å². The van der Waals surface area contributed by atoms with Gasteiger partial charge in [0.15, 0.2) is 12.2 Å². The minimum absolute atomic E-state index is 0.156. The number of aromatic nitrogens is 2. The number of nitrogens with zero attached hydrogens (tertiary/aromatic N) is 2. The van der Waals surface area contributed by atoms with Crippen molar-refractivity contribution in [3.05, 3.63) is 24.0 Å². The molecule has 0 aliphatic carbocycles. The van der Waals surface area contributed by atoms with Gasteiger partial charge in [0.05, 0.1) is 0 Å². The lowest BCUT2D eigenvalue weighted by Crippen LogP contribution is -2.17. The van der Waals surface area contributed by atoms with Crippen LogP contribution in [-0.2, 0) is 6.18 Å². The maximum absolute atomic E-state index is 12.0. The highest BCUT2D eigenvalue weighted by molar-refractivity contribution is 5.13. The van der Waals surface area contributed by atoms with Crippen LogP contribution in [0.25, 0.3) is 0 Å². The first-order valence-corrected chi connectivity index (χ1v) is 3.66. The first-order valence-electron chi connectivity index (χ1n) is 3.66. The molecule has 0 atom stereocenters.